The maximum atomic E-state index is 13.4. The Morgan fingerprint density at radius 1 is 1.07 bits per heavy atom. The molecule has 1 aliphatic rings. The van der Waals surface area contributed by atoms with Crippen LogP contribution in [0.3, 0.4) is 0 Å². The van der Waals surface area contributed by atoms with E-state index in [-0.39, 0.29) is 11.9 Å². The first-order valence-corrected chi connectivity index (χ1v) is 10.5. The minimum absolute atomic E-state index is 0.188. The minimum Gasteiger partial charge on any atom is -0.347 e. The summed E-state index contributed by atoms with van der Waals surface area (Å²) in [5.41, 5.74) is 5.48. The van der Waals surface area contributed by atoms with Gasteiger partial charge >= 0.3 is 0 Å². The van der Waals surface area contributed by atoms with Crippen molar-refractivity contribution in [3.63, 3.8) is 0 Å². The molecule has 5 nitrogen and oxygen atoms in total. The minimum atomic E-state index is -0.198. The van der Waals surface area contributed by atoms with Crippen molar-refractivity contribution in [1.29, 1.82) is 0 Å². The molecule has 3 heterocycles. The maximum absolute atomic E-state index is 13.4. The molecule has 0 amide bonds. The fraction of sp³-hybridized carbons (Fsp3) is 0.375. The van der Waals surface area contributed by atoms with Crippen molar-refractivity contribution < 1.29 is 4.39 Å². The molecule has 0 unspecified atom stereocenters. The third kappa shape index (κ3) is 4.33. The van der Waals surface area contributed by atoms with Crippen LogP contribution in [0, 0.1) is 12.7 Å². The van der Waals surface area contributed by atoms with Gasteiger partial charge in [0.15, 0.2) is 0 Å². The first-order chi connectivity index (χ1) is 14.5. The molecule has 1 saturated heterocycles. The standard InChI is InChI=1S/C24H28FN5/c1-17-14-26-12-11-20(17)21-15-27-24(29(2)3)28-23(21)22-6-4-5-13-30(22)16-18-7-9-19(25)10-8-18/h7-12,14-15,22H,4-6,13,16H2,1-3H3/t22-/m0/s1. The number of hydrogen-bond acceptors (Lipinski definition) is 5. The lowest BCUT2D eigenvalue weighted by atomic mass is 9.92. The molecule has 0 aliphatic carbocycles. The van der Waals surface area contributed by atoms with Crippen molar-refractivity contribution in [1.82, 2.24) is 19.9 Å². The highest BCUT2D eigenvalue weighted by atomic mass is 19.1. The zero-order chi connectivity index (χ0) is 21.1. The molecule has 1 aliphatic heterocycles. The fourth-order valence-corrected chi connectivity index (χ4v) is 4.15. The normalized spacial score (nSPS) is 17.1. The predicted octanol–water partition coefficient (Wildman–Crippen LogP) is 4.78. The van der Waals surface area contributed by atoms with Crippen molar-refractivity contribution in [2.24, 2.45) is 0 Å². The van der Waals surface area contributed by atoms with Crippen LogP contribution >= 0.6 is 0 Å². The first-order valence-electron chi connectivity index (χ1n) is 10.5. The first kappa shape index (κ1) is 20.4. The van der Waals surface area contributed by atoms with Gasteiger partial charge in [0.05, 0.1) is 11.7 Å². The zero-order valence-corrected chi connectivity index (χ0v) is 17.8. The van der Waals surface area contributed by atoms with Crippen LogP contribution in [0.25, 0.3) is 11.1 Å². The molecule has 2 aromatic heterocycles. The van der Waals surface area contributed by atoms with Crippen LogP contribution in [-0.2, 0) is 6.54 Å². The lowest BCUT2D eigenvalue weighted by molar-refractivity contribution is 0.137. The summed E-state index contributed by atoms with van der Waals surface area (Å²) in [6, 6.07) is 9.05. The molecule has 4 rings (SSSR count). The summed E-state index contributed by atoms with van der Waals surface area (Å²) >= 11 is 0. The van der Waals surface area contributed by atoms with Gasteiger partial charge in [-0.15, -0.1) is 0 Å². The number of benzene rings is 1. The summed E-state index contributed by atoms with van der Waals surface area (Å²) in [6.45, 7) is 3.85. The summed E-state index contributed by atoms with van der Waals surface area (Å²) < 4.78 is 13.4. The number of anilines is 1. The van der Waals surface area contributed by atoms with Crippen LogP contribution in [0.1, 0.15) is 42.1 Å². The van der Waals surface area contributed by atoms with Crippen LogP contribution < -0.4 is 4.90 Å². The number of likely N-dealkylation sites (tertiary alicyclic amines) is 1. The number of hydrogen-bond donors (Lipinski definition) is 0. The fourth-order valence-electron chi connectivity index (χ4n) is 4.15. The van der Waals surface area contributed by atoms with Gasteiger partial charge in [0.2, 0.25) is 5.95 Å². The molecule has 1 fully saturated rings. The number of pyridine rings is 1. The van der Waals surface area contributed by atoms with Crippen molar-refractivity contribution in [3.8, 4) is 11.1 Å². The van der Waals surface area contributed by atoms with E-state index in [1.165, 1.54) is 18.6 Å². The Morgan fingerprint density at radius 2 is 1.87 bits per heavy atom. The molecule has 156 valence electrons. The Hall–Kier alpha value is -2.86. The summed E-state index contributed by atoms with van der Waals surface area (Å²) in [4.78, 5) is 18.3. The van der Waals surface area contributed by atoms with E-state index in [1.807, 2.05) is 55.8 Å². The van der Waals surface area contributed by atoms with Gasteiger partial charge in [-0.3, -0.25) is 9.88 Å². The maximum Gasteiger partial charge on any atom is 0.225 e. The molecule has 1 aromatic carbocycles. The topological polar surface area (TPSA) is 45.2 Å². The Labute approximate surface area is 177 Å². The van der Waals surface area contributed by atoms with Gasteiger partial charge in [0, 0.05) is 44.8 Å². The van der Waals surface area contributed by atoms with Gasteiger partial charge in [0.25, 0.3) is 0 Å². The van der Waals surface area contributed by atoms with Crippen molar-refractivity contribution >= 4 is 5.95 Å². The van der Waals surface area contributed by atoms with Crippen molar-refractivity contribution in [3.05, 3.63) is 71.6 Å². The smallest absolute Gasteiger partial charge is 0.225 e. The second-order valence-electron chi connectivity index (χ2n) is 8.16. The average molecular weight is 406 g/mol. The third-order valence-electron chi connectivity index (χ3n) is 5.74. The van der Waals surface area contributed by atoms with E-state index < -0.39 is 0 Å². The molecule has 6 heteroatoms. The summed E-state index contributed by atoms with van der Waals surface area (Å²) in [5.74, 6) is 0.517. The van der Waals surface area contributed by atoms with Gasteiger partial charge in [-0.2, -0.15) is 0 Å². The Kier molecular flexibility index (Phi) is 6.04. The number of halogens is 1. The average Bonchev–Trinajstić information content (AvgIpc) is 2.76. The number of nitrogens with zero attached hydrogens (tertiary/aromatic N) is 5. The van der Waals surface area contributed by atoms with E-state index >= 15 is 0 Å². The number of rotatable bonds is 5. The van der Waals surface area contributed by atoms with Crippen molar-refractivity contribution in [2.75, 3.05) is 25.5 Å². The van der Waals surface area contributed by atoms with Gasteiger partial charge in [-0.1, -0.05) is 18.6 Å². The quantitative estimate of drug-likeness (QED) is 0.611. The summed E-state index contributed by atoms with van der Waals surface area (Å²) in [7, 11) is 3.93. The second kappa shape index (κ2) is 8.88. The molecule has 30 heavy (non-hydrogen) atoms. The van der Waals surface area contributed by atoms with Gasteiger partial charge < -0.3 is 4.90 Å². The Balaban J connectivity index is 1.76. The number of piperidine rings is 1. The SMILES string of the molecule is Cc1cnccc1-c1cnc(N(C)C)nc1[C@@H]1CCCCN1Cc1ccc(F)cc1. The second-order valence-corrected chi connectivity index (χ2v) is 8.16. The number of aromatic nitrogens is 3. The van der Waals surface area contributed by atoms with Crippen LogP contribution in [0.15, 0.2) is 48.9 Å². The molecule has 0 spiro atoms. The molecule has 0 radical (unpaired) electrons. The molecular formula is C24H28FN5. The van der Waals surface area contributed by atoms with Gasteiger partial charge in [0.1, 0.15) is 5.82 Å². The van der Waals surface area contributed by atoms with Crippen LogP contribution in [0.2, 0.25) is 0 Å². The predicted molar refractivity (Wildman–Crippen MR) is 118 cm³/mol. The molecule has 1 atom stereocenters. The van der Waals surface area contributed by atoms with Gasteiger partial charge in [-0.05, 0) is 61.2 Å². The Bertz CT molecular complexity index is 1000. The summed E-state index contributed by atoms with van der Waals surface area (Å²) in [6.07, 6.45) is 9.03. The van der Waals surface area contributed by atoms with Crippen molar-refractivity contribution in [2.45, 2.75) is 38.8 Å². The van der Waals surface area contributed by atoms with E-state index in [2.05, 4.69) is 21.8 Å². The monoisotopic (exact) mass is 405 g/mol. The molecule has 3 aromatic rings. The largest absolute Gasteiger partial charge is 0.347 e. The van der Waals surface area contributed by atoms with E-state index in [0.29, 0.717) is 5.95 Å². The lowest BCUT2D eigenvalue weighted by Gasteiger charge is -2.36. The van der Waals surface area contributed by atoms with E-state index in [9.17, 15) is 4.39 Å². The van der Waals surface area contributed by atoms with Crippen LogP contribution in [-0.4, -0.2) is 40.5 Å². The highest BCUT2D eigenvalue weighted by molar-refractivity contribution is 5.69. The Morgan fingerprint density at radius 3 is 2.60 bits per heavy atom. The number of aryl methyl sites for hydroxylation is 1. The lowest BCUT2D eigenvalue weighted by Crippen LogP contribution is -2.34. The highest BCUT2D eigenvalue weighted by Crippen LogP contribution is 2.37. The molecule has 0 saturated carbocycles. The van der Waals surface area contributed by atoms with Crippen LogP contribution in [0.5, 0.6) is 0 Å². The van der Waals surface area contributed by atoms with E-state index in [4.69, 9.17) is 4.98 Å². The molecule has 0 bridgehead atoms. The molecule has 0 N–H and O–H groups in total. The van der Waals surface area contributed by atoms with Gasteiger partial charge in [-0.25, -0.2) is 14.4 Å². The summed E-state index contributed by atoms with van der Waals surface area (Å²) in [5, 5.41) is 0. The zero-order valence-electron chi connectivity index (χ0n) is 17.8. The van der Waals surface area contributed by atoms with Crippen LogP contribution in [0.4, 0.5) is 10.3 Å². The third-order valence-corrected chi connectivity index (χ3v) is 5.74. The highest BCUT2D eigenvalue weighted by Gasteiger charge is 2.29. The van der Waals surface area contributed by atoms with E-state index in [0.717, 1.165) is 53.9 Å². The van der Waals surface area contributed by atoms with E-state index in [1.54, 1.807) is 0 Å². The molecular weight excluding hydrogens is 377 g/mol.